The van der Waals surface area contributed by atoms with Gasteiger partial charge in [0.05, 0.1) is 22.4 Å². The Morgan fingerprint density at radius 2 is 2.08 bits per heavy atom. The Balaban J connectivity index is 2.13. The van der Waals surface area contributed by atoms with E-state index in [1.807, 2.05) is 39.0 Å². The van der Waals surface area contributed by atoms with E-state index in [4.69, 9.17) is 0 Å². The second kappa shape index (κ2) is 7.23. The van der Waals surface area contributed by atoms with Crippen LogP contribution in [0.5, 0.6) is 0 Å². The number of hydrogen-bond donors (Lipinski definition) is 1. The summed E-state index contributed by atoms with van der Waals surface area (Å²) in [5, 5.41) is 14.1. The minimum atomic E-state index is -0.846. The van der Waals surface area contributed by atoms with Crippen molar-refractivity contribution in [1.82, 2.24) is 10.3 Å². The molecule has 1 amide bonds. The zero-order valence-corrected chi connectivity index (χ0v) is 15.6. The topological polar surface area (TPSA) is 65.8 Å². The molecule has 126 valence electrons. The van der Waals surface area contributed by atoms with Crippen molar-refractivity contribution in [3.05, 3.63) is 35.4 Å². The highest BCUT2D eigenvalue weighted by molar-refractivity contribution is 7.99. The van der Waals surface area contributed by atoms with E-state index in [1.165, 1.54) is 11.8 Å². The summed E-state index contributed by atoms with van der Waals surface area (Å²) in [6.45, 7) is 9.69. The lowest BCUT2D eigenvalue weighted by atomic mass is 9.90. The molecule has 1 unspecified atom stereocenters. The van der Waals surface area contributed by atoms with Crippen LogP contribution in [0.25, 0.3) is 10.9 Å². The van der Waals surface area contributed by atoms with Gasteiger partial charge in [0.25, 0.3) is 0 Å². The van der Waals surface area contributed by atoms with Gasteiger partial charge in [-0.1, -0.05) is 43.8 Å². The van der Waals surface area contributed by atoms with Crippen LogP contribution in [-0.4, -0.2) is 22.2 Å². The number of aromatic nitrogens is 1. The summed E-state index contributed by atoms with van der Waals surface area (Å²) in [7, 11) is 0. The van der Waals surface area contributed by atoms with E-state index in [1.54, 1.807) is 6.92 Å². The zero-order chi connectivity index (χ0) is 17.9. The minimum absolute atomic E-state index is 0.0418. The predicted molar refractivity (Wildman–Crippen MR) is 98.9 cm³/mol. The number of nitrogens with one attached hydrogen (secondary N) is 1. The first-order valence-electron chi connectivity index (χ1n) is 7.99. The number of hydrogen-bond acceptors (Lipinski definition) is 4. The van der Waals surface area contributed by atoms with Crippen molar-refractivity contribution in [1.29, 1.82) is 5.26 Å². The number of rotatable bonds is 5. The summed E-state index contributed by atoms with van der Waals surface area (Å²) in [6.07, 6.45) is 0. The highest BCUT2D eigenvalue weighted by Crippen LogP contribution is 2.25. The highest BCUT2D eigenvalue weighted by Gasteiger charge is 2.29. The Morgan fingerprint density at radius 3 is 2.71 bits per heavy atom. The van der Waals surface area contributed by atoms with E-state index in [-0.39, 0.29) is 17.6 Å². The molecular weight excluding hydrogens is 318 g/mol. The molecule has 1 atom stereocenters. The third-order valence-electron chi connectivity index (χ3n) is 4.36. The standard InChI is InChI=1S/C19H23N3OS/c1-12(2)19(5,11-20)22-16(23)10-24-17-9-14(4)15-8-6-7-13(3)18(15)21-17/h6-9,12H,10H2,1-5H3,(H,22,23). The normalized spacial score (nSPS) is 13.5. The van der Waals surface area contributed by atoms with Crippen LogP contribution in [-0.2, 0) is 4.79 Å². The van der Waals surface area contributed by atoms with Gasteiger partial charge < -0.3 is 5.32 Å². The van der Waals surface area contributed by atoms with Gasteiger partial charge in [-0.05, 0) is 43.9 Å². The van der Waals surface area contributed by atoms with Gasteiger partial charge in [0.15, 0.2) is 0 Å². The van der Waals surface area contributed by atoms with Gasteiger partial charge in [0.2, 0.25) is 5.91 Å². The summed E-state index contributed by atoms with van der Waals surface area (Å²) >= 11 is 1.40. The van der Waals surface area contributed by atoms with Gasteiger partial charge >= 0.3 is 0 Å². The number of carbonyl (C=O) groups excluding carboxylic acids is 1. The smallest absolute Gasteiger partial charge is 0.231 e. The Hall–Kier alpha value is -2.06. The molecule has 0 bridgehead atoms. The molecule has 0 aliphatic rings. The van der Waals surface area contributed by atoms with Crippen LogP contribution in [0.4, 0.5) is 0 Å². The van der Waals surface area contributed by atoms with Crippen molar-refractivity contribution >= 4 is 28.6 Å². The molecule has 5 heteroatoms. The molecule has 0 fully saturated rings. The number of fused-ring (bicyclic) bond motifs is 1. The maximum Gasteiger partial charge on any atom is 0.231 e. The largest absolute Gasteiger partial charge is 0.337 e. The lowest BCUT2D eigenvalue weighted by molar-refractivity contribution is -0.120. The molecule has 1 heterocycles. The number of benzene rings is 1. The maximum absolute atomic E-state index is 12.2. The molecule has 0 spiro atoms. The third kappa shape index (κ3) is 3.88. The van der Waals surface area contributed by atoms with Crippen molar-refractivity contribution in [2.45, 2.75) is 45.2 Å². The fourth-order valence-corrected chi connectivity index (χ4v) is 3.14. The quantitative estimate of drug-likeness (QED) is 0.835. The second-order valence-electron chi connectivity index (χ2n) is 6.55. The molecule has 1 N–H and O–H groups in total. The van der Waals surface area contributed by atoms with Crippen LogP contribution in [0.2, 0.25) is 0 Å². The Kier molecular flexibility index (Phi) is 5.51. The van der Waals surface area contributed by atoms with Gasteiger partial charge in [-0.15, -0.1) is 0 Å². The molecule has 2 rings (SSSR count). The Bertz CT molecular complexity index is 810. The van der Waals surface area contributed by atoms with Gasteiger partial charge in [0, 0.05) is 5.39 Å². The number of pyridine rings is 1. The van der Waals surface area contributed by atoms with Crippen LogP contribution >= 0.6 is 11.8 Å². The van der Waals surface area contributed by atoms with E-state index in [9.17, 15) is 10.1 Å². The van der Waals surface area contributed by atoms with Crippen LogP contribution in [0, 0.1) is 31.1 Å². The summed E-state index contributed by atoms with van der Waals surface area (Å²) in [5.74, 6) is 0.135. The molecule has 1 aromatic carbocycles. The monoisotopic (exact) mass is 341 g/mol. The van der Waals surface area contributed by atoms with Gasteiger partial charge in [-0.25, -0.2) is 4.98 Å². The molecule has 0 saturated carbocycles. The molecule has 24 heavy (non-hydrogen) atoms. The summed E-state index contributed by atoms with van der Waals surface area (Å²) in [4.78, 5) is 16.9. The number of nitriles is 1. The molecule has 0 aliphatic heterocycles. The van der Waals surface area contributed by atoms with Crippen LogP contribution < -0.4 is 5.32 Å². The number of amides is 1. The average molecular weight is 341 g/mol. The number of thioether (sulfide) groups is 1. The predicted octanol–water partition coefficient (Wildman–Crippen LogP) is 4.00. The van der Waals surface area contributed by atoms with Gasteiger partial charge in [-0.2, -0.15) is 5.26 Å². The number of nitrogens with zero attached hydrogens (tertiary/aromatic N) is 2. The lowest BCUT2D eigenvalue weighted by Crippen LogP contribution is -2.49. The first-order chi connectivity index (χ1) is 11.3. The average Bonchev–Trinajstić information content (AvgIpc) is 2.53. The Morgan fingerprint density at radius 1 is 1.38 bits per heavy atom. The van der Waals surface area contributed by atoms with Gasteiger partial charge in [-0.3, -0.25) is 4.79 Å². The van der Waals surface area contributed by atoms with Crippen LogP contribution in [0.15, 0.2) is 29.3 Å². The number of carbonyl (C=O) groups is 1. The maximum atomic E-state index is 12.2. The van der Waals surface area contributed by atoms with E-state index in [2.05, 4.69) is 29.4 Å². The van der Waals surface area contributed by atoms with Crippen molar-refractivity contribution in [3.63, 3.8) is 0 Å². The molecule has 2 aromatic rings. The molecule has 0 aliphatic carbocycles. The fraction of sp³-hybridized carbons (Fsp3) is 0.421. The molecule has 0 radical (unpaired) electrons. The van der Waals surface area contributed by atoms with E-state index >= 15 is 0 Å². The minimum Gasteiger partial charge on any atom is -0.337 e. The molecule has 0 saturated heterocycles. The summed E-state index contributed by atoms with van der Waals surface area (Å²) in [6, 6.07) is 10.3. The van der Waals surface area contributed by atoms with Crippen LogP contribution in [0.1, 0.15) is 31.9 Å². The fourth-order valence-electron chi connectivity index (χ4n) is 2.37. The zero-order valence-electron chi connectivity index (χ0n) is 14.8. The second-order valence-corrected chi connectivity index (χ2v) is 7.55. The molecule has 4 nitrogen and oxygen atoms in total. The third-order valence-corrected chi connectivity index (χ3v) is 5.27. The van der Waals surface area contributed by atoms with Crippen molar-refractivity contribution in [3.8, 4) is 6.07 Å². The molecular formula is C19H23N3OS. The Labute approximate surface area is 147 Å². The lowest BCUT2D eigenvalue weighted by Gasteiger charge is -2.27. The number of aryl methyl sites for hydroxylation is 2. The van der Waals surface area contributed by atoms with Crippen molar-refractivity contribution in [2.75, 3.05) is 5.75 Å². The van der Waals surface area contributed by atoms with E-state index in [0.717, 1.165) is 27.1 Å². The summed E-state index contributed by atoms with van der Waals surface area (Å²) in [5.41, 5.74) is 2.40. The first kappa shape index (κ1) is 18.3. The van der Waals surface area contributed by atoms with Crippen LogP contribution in [0.3, 0.4) is 0 Å². The van der Waals surface area contributed by atoms with E-state index in [0.29, 0.717) is 0 Å². The first-order valence-corrected chi connectivity index (χ1v) is 8.97. The SMILES string of the molecule is Cc1cc(SCC(=O)NC(C)(C#N)C(C)C)nc2c(C)cccc12. The van der Waals surface area contributed by atoms with Gasteiger partial charge in [0.1, 0.15) is 5.54 Å². The van der Waals surface area contributed by atoms with E-state index < -0.39 is 5.54 Å². The van der Waals surface area contributed by atoms with Crippen molar-refractivity contribution < 1.29 is 4.79 Å². The van der Waals surface area contributed by atoms with Crippen molar-refractivity contribution in [2.24, 2.45) is 5.92 Å². The summed E-state index contributed by atoms with van der Waals surface area (Å²) < 4.78 is 0. The molecule has 1 aromatic heterocycles. The highest BCUT2D eigenvalue weighted by atomic mass is 32.2. The number of para-hydroxylation sites is 1.